The van der Waals surface area contributed by atoms with E-state index in [0.29, 0.717) is 48.3 Å². The van der Waals surface area contributed by atoms with Crippen LogP contribution in [0, 0.1) is 0 Å². The molecule has 0 spiro atoms. The summed E-state index contributed by atoms with van der Waals surface area (Å²) in [6.07, 6.45) is -0.730. The summed E-state index contributed by atoms with van der Waals surface area (Å²) >= 11 is 0. The predicted molar refractivity (Wildman–Crippen MR) is 98.6 cm³/mol. The van der Waals surface area contributed by atoms with Crippen LogP contribution in [0.15, 0.2) is 42.5 Å². The number of carbonyl (C=O) groups excluding carboxylic acids is 2. The molecular formula is C20H21NO6. The van der Waals surface area contributed by atoms with Crippen molar-refractivity contribution in [3.8, 4) is 17.2 Å². The smallest absolute Gasteiger partial charge is 0.338 e. The van der Waals surface area contributed by atoms with Crippen LogP contribution in [0.25, 0.3) is 0 Å². The third kappa shape index (κ3) is 4.69. The van der Waals surface area contributed by atoms with Crippen LogP contribution in [-0.4, -0.2) is 37.8 Å². The van der Waals surface area contributed by atoms with Crippen LogP contribution >= 0.6 is 0 Å². The predicted octanol–water partition coefficient (Wildman–Crippen LogP) is 3.04. The molecule has 1 atom stereocenters. The van der Waals surface area contributed by atoms with Crippen LogP contribution < -0.4 is 19.5 Å². The first-order valence-electron chi connectivity index (χ1n) is 8.71. The van der Waals surface area contributed by atoms with E-state index in [1.807, 2.05) is 0 Å². The van der Waals surface area contributed by atoms with Crippen LogP contribution in [0.5, 0.6) is 17.2 Å². The number of fused-ring (bicyclic) bond motifs is 1. The van der Waals surface area contributed by atoms with Crippen molar-refractivity contribution in [3.05, 3.63) is 48.0 Å². The Kier molecular flexibility index (Phi) is 5.80. The molecule has 142 valence electrons. The number of esters is 1. The number of rotatable bonds is 6. The summed E-state index contributed by atoms with van der Waals surface area (Å²) in [4.78, 5) is 24.0. The molecule has 1 heterocycles. The van der Waals surface area contributed by atoms with E-state index in [0.717, 1.165) is 0 Å². The maximum Gasteiger partial charge on any atom is 0.338 e. The Bertz CT molecular complexity index is 818. The zero-order valence-electron chi connectivity index (χ0n) is 15.2. The minimum absolute atomic E-state index is 0.304. The molecule has 27 heavy (non-hydrogen) atoms. The van der Waals surface area contributed by atoms with Crippen molar-refractivity contribution < 1.29 is 28.5 Å². The topological polar surface area (TPSA) is 83.1 Å². The summed E-state index contributed by atoms with van der Waals surface area (Å²) < 4.78 is 21.5. The SMILES string of the molecule is CCOC(=O)c1ccc(O[C@H](C)C(=O)Nc2ccc3c(c2)OCCO3)cc1. The van der Waals surface area contributed by atoms with Gasteiger partial charge in [0, 0.05) is 11.8 Å². The largest absolute Gasteiger partial charge is 0.486 e. The van der Waals surface area contributed by atoms with Crippen LogP contribution in [-0.2, 0) is 9.53 Å². The summed E-state index contributed by atoms with van der Waals surface area (Å²) in [5.41, 5.74) is 1.02. The average Bonchev–Trinajstić information content (AvgIpc) is 2.68. The van der Waals surface area contributed by atoms with Gasteiger partial charge in [-0.2, -0.15) is 0 Å². The van der Waals surface area contributed by atoms with Gasteiger partial charge in [0.1, 0.15) is 19.0 Å². The quantitative estimate of drug-likeness (QED) is 0.786. The molecule has 0 unspecified atom stereocenters. The monoisotopic (exact) mass is 371 g/mol. The standard InChI is InChI=1S/C20H21NO6/c1-3-24-20(23)14-4-7-16(8-5-14)27-13(2)19(22)21-15-6-9-17-18(12-15)26-11-10-25-17/h4-9,12-13H,3,10-11H2,1-2H3,(H,21,22)/t13-/m1/s1. The van der Waals surface area contributed by atoms with Crippen molar-refractivity contribution in [1.82, 2.24) is 0 Å². The Morgan fingerprint density at radius 1 is 1.07 bits per heavy atom. The molecule has 2 aromatic rings. The number of hydrogen-bond acceptors (Lipinski definition) is 6. The molecule has 1 aliphatic heterocycles. The molecule has 0 aromatic heterocycles. The third-order valence-corrected chi connectivity index (χ3v) is 3.86. The van der Waals surface area contributed by atoms with E-state index >= 15 is 0 Å². The number of benzene rings is 2. The lowest BCUT2D eigenvalue weighted by Gasteiger charge is -2.19. The molecule has 1 N–H and O–H groups in total. The van der Waals surface area contributed by atoms with Crippen molar-refractivity contribution in [3.63, 3.8) is 0 Å². The van der Waals surface area contributed by atoms with E-state index in [1.165, 1.54) is 0 Å². The average molecular weight is 371 g/mol. The van der Waals surface area contributed by atoms with Crippen molar-refractivity contribution in [2.24, 2.45) is 0 Å². The molecular weight excluding hydrogens is 350 g/mol. The van der Waals surface area contributed by atoms with E-state index < -0.39 is 12.1 Å². The molecule has 7 heteroatoms. The van der Waals surface area contributed by atoms with Crippen molar-refractivity contribution >= 4 is 17.6 Å². The Morgan fingerprint density at radius 3 is 2.48 bits per heavy atom. The molecule has 1 aliphatic rings. The van der Waals surface area contributed by atoms with Gasteiger partial charge in [-0.3, -0.25) is 4.79 Å². The van der Waals surface area contributed by atoms with Gasteiger partial charge < -0.3 is 24.3 Å². The summed E-state index contributed by atoms with van der Waals surface area (Å²) in [6, 6.07) is 11.7. The molecule has 1 amide bonds. The second-order valence-electron chi connectivity index (χ2n) is 5.85. The molecule has 3 rings (SSSR count). The highest BCUT2D eigenvalue weighted by molar-refractivity contribution is 5.94. The zero-order chi connectivity index (χ0) is 19.2. The summed E-state index contributed by atoms with van der Waals surface area (Å²) in [7, 11) is 0. The van der Waals surface area contributed by atoms with Gasteiger partial charge in [-0.25, -0.2) is 4.79 Å². The highest BCUT2D eigenvalue weighted by Crippen LogP contribution is 2.32. The summed E-state index contributed by atoms with van der Waals surface area (Å²) in [5, 5.41) is 2.78. The first-order chi connectivity index (χ1) is 13.1. The van der Waals surface area contributed by atoms with Gasteiger partial charge in [0.15, 0.2) is 17.6 Å². The second-order valence-corrected chi connectivity index (χ2v) is 5.85. The molecule has 0 radical (unpaired) electrons. The number of carbonyl (C=O) groups is 2. The van der Waals surface area contributed by atoms with Gasteiger partial charge in [0.2, 0.25) is 0 Å². The lowest BCUT2D eigenvalue weighted by Crippen LogP contribution is -2.30. The Hall–Kier alpha value is -3.22. The number of ether oxygens (including phenoxy) is 4. The fourth-order valence-electron chi connectivity index (χ4n) is 2.51. The normalized spacial score (nSPS) is 13.4. The molecule has 0 bridgehead atoms. The van der Waals surface area contributed by atoms with Crippen molar-refractivity contribution in [2.45, 2.75) is 20.0 Å². The van der Waals surface area contributed by atoms with Crippen LogP contribution in [0.3, 0.4) is 0 Å². The van der Waals surface area contributed by atoms with Crippen LogP contribution in [0.4, 0.5) is 5.69 Å². The zero-order valence-corrected chi connectivity index (χ0v) is 15.2. The van der Waals surface area contributed by atoms with Gasteiger partial charge in [-0.05, 0) is 50.2 Å². The molecule has 0 saturated heterocycles. The fourth-order valence-corrected chi connectivity index (χ4v) is 2.51. The Labute approximate surface area is 157 Å². The van der Waals surface area contributed by atoms with E-state index in [9.17, 15) is 9.59 Å². The van der Waals surface area contributed by atoms with Crippen LogP contribution in [0.1, 0.15) is 24.2 Å². The Morgan fingerprint density at radius 2 is 1.78 bits per heavy atom. The number of hydrogen-bond donors (Lipinski definition) is 1. The lowest BCUT2D eigenvalue weighted by molar-refractivity contribution is -0.122. The van der Waals surface area contributed by atoms with Gasteiger partial charge in [-0.1, -0.05) is 0 Å². The maximum absolute atomic E-state index is 12.4. The van der Waals surface area contributed by atoms with E-state index in [2.05, 4.69) is 5.32 Å². The number of anilines is 1. The molecule has 0 fully saturated rings. The highest BCUT2D eigenvalue weighted by Gasteiger charge is 2.17. The summed E-state index contributed by atoms with van der Waals surface area (Å²) in [5.74, 6) is 1.04. The van der Waals surface area contributed by atoms with Gasteiger partial charge in [-0.15, -0.1) is 0 Å². The van der Waals surface area contributed by atoms with Crippen LogP contribution in [0.2, 0.25) is 0 Å². The summed E-state index contributed by atoms with van der Waals surface area (Å²) in [6.45, 7) is 4.70. The van der Waals surface area contributed by atoms with Gasteiger partial charge in [0.05, 0.1) is 12.2 Å². The Balaban J connectivity index is 1.58. The molecule has 2 aromatic carbocycles. The van der Waals surface area contributed by atoms with E-state index in [-0.39, 0.29) is 5.91 Å². The minimum atomic E-state index is -0.730. The van der Waals surface area contributed by atoms with E-state index in [1.54, 1.807) is 56.3 Å². The van der Waals surface area contributed by atoms with Gasteiger partial charge >= 0.3 is 5.97 Å². The maximum atomic E-state index is 12.4. The first kappa shape index (κ1) is 18.6. The highest BCUT2D eigenvalue weighted by atomic mass is 16.6. The van der Waals surface area contributed by atoms with E-state index in [4.69, 9.17) is 18.9 Å². The number of amides is 1. The van der Waals surface area contributed by atoms with Crippen molar-refractivity contribution in [1.29, 1.82) is 0 Å². The molecule has 7 nitrogen and oxygen atoms in total. The lowest BCUT2D eigenvalue weighted by atomic mass is 10.2. The molecule has 0 saturated carbocycles. The first-order valence-corrected chi connectivity index (χ1v) is 8.71. The molecule has 0 aliphatic carbocycles. The third-order valence-electron chi connectivity index (χ3n) is 3.86. The minimum Gasteiger partial charge on any atom is -0.486 e. The van der Waals surface area contributed by atoms with Crippen molar-refractivity contribution in [2.75, 3.05) is 25.1 Å². The second kappa shape index (κ2) is 8.44. The fraction of sp³-hybridized carbons (Fsp3) is 0.300. The number of nitrogens with one attached hydrogen (secondary N) is 1. The van der Waals surface area contributed by atoms with Gasteiger partial charge in [0.25, 0.3) is 5.91 Å².